The number of hydrogen-bond acceptors (Lipinski definition) is 3. The quantitative estimate of drug-likeness (QED) is 0.788. The molecule has 0 spiro atoms. The average molecular weight is 201 g/mol. The summed E-state index contributed by atoms with van der Waals surface area (Å²) in [7, 11) is 0. The molecule has 74 valence electrons. The molecule has 0 saturated heterocycles. The van der Waals surface area contributed by atoms with E-state index in [9.17, 15) is 13.2 Å². The third-order valence-electron chi connectivity index (χ3n) is 1.68. The molecule has 0 saturated carbocycles. The van der Waals surface area contributed by atoms with Crippen molar-refractivity contribution in [3.8, 4) is 6.07 Å². The maximum Gasteiger partial charge on any atom is 0.267 e. The van der Waals surface area contributed by atoms with Crippen molar-refractivity contribution in [3.05, 3.63) is 28.8 Å². The smallest absolute Gasteiger partial charge is 0.267 e. The first-order valence-corrected chi connectivity index (χ1v) is 3.67. The Labute approximate surface area is 78.0 Å². The Morgan fingerprint density at radius 1 is 1.57 bits per heavy atom. The normalized spacial score (nSPS) is 10.3. The average Bonchev–Trinajstić information content (AvgIpc) is 2.16. The zero-order valence-corrected chi connectivity index (χ0v) is 6.97. The van der Waals surface area contributed by atoms with E-state index in [1.54, 1.807) is 0 Å². The van der Waals surface area contributed by atoms with Crippen LogP contribution in [0.2, 0.25) is 0 Å². The van der Waals surface area contributed by atoms with Crippen LogP contribution in [0.4, 0.5) is 13.2 Å². The second-order valence-electron chi connectivity index (χ2n) is 2.48. The maximum absolute atomic E-state index is 13.2. The van der Waals surface area contributed by atoms with Gasteiger partial charge in [-0.2, -0.15) is 5.26 Å². The lowest BCUT2D eigenvalue weighted by Crippen LogP contribution is -2.07. The first kappa shape index (κ1) is 10.5. The molecule has 0 amide bonds. The van der Waals surface area contributed by atoms with Crippen molar-refractivity contribution >= 4 is 0 Å². The van der Waals surface area contributed by atoms with Crippen molar-refractivity contribution in [2.24, 2.45) is 5.73 Å². The summed E-state index contributed by atoms with van der Waals surface area (Å²) in [5.74, 6) is -1.29. The number of nitrogens with zero attached hydrogens (tertiary/aromatic N) is 2. The number of aromatic nitrogens is 1. The standard InChI is InChI=1S/C8H6F3N3/c9-7-5(2-13)14-3-4(1-12)6(7)8(10)11/h3,8H,1,12H2. The summed E-state index contributed by atoms with van der Waals surface area (Å²) < 4.78 is 37.9. The summed E-state index contributed by atoms with van der Waals surface area (Å²) >= 11 is 0. The minimum Gasteiger partial charge on any atom is -0.326 e. The van der Waals surface area contributed by atoms with Crippen LogP contribution in [-0.4, -0.2) is 4.98 Å². The van der Waals surface area contributed by atoms with Gasteiger partial charge in [-0.25, -0.2) is 18.2 Å². The molecule has 6 heteroatoms. The molecular weight excluding hydrogens is 195 g/mol. The van der Waals surface area contributed by atoms with Gasteiger partial charge in [-0.3, -0.25) is 0 Å². The fraction of sp³-hybridized carbons (Fsp3) is 0.250. The number of rotatable bonds is 2. The highest BCUT2D eigenvalue weighted by Crippen LogP contribution is 2.26. The van der Waals surface area contributed by atoms with Crippen molar-refractivity contribution in [1.29, 1.82) is 5.26 Å². The first-order valence-electron chi connectivity index (χ1n) is 3.67. The molecule has 0 unspecified atom stereocenters. The Kier molecular flexibility index (Phi) is 3.04. The van der Waals surface area contributed by atoms with E-state index < -0.39 is 23.5 Å². The highest BCUT2D eigenvalue weighted by molar-refractivity contribution is 5.34. The molecule has 0 atom stereocenters. The van der Waals surface area contributed by atoms with Gasteiger partial charge in [0.05, 0.1) is 5.56 Å². The van der Waals surface area contributed by atoms with Crippen LogP contribution in [0.25, 0.3) is 0 Å². The predicted octanol–water partition coefficient (Wildman–Crippen LogP) is 1.49. The molecule has 1 rings (SSSR count). The van der Waals surface area contributed by atoms with Crippen molar-refractivity contribution < 1.29 is 13.2 Å². The number of halogens is 3. The number of nitrogens with two attached hydrogens (primary N) is 1. The van der Waals surface area contributed by atoms with Crippen LogP contribution in [0.1, 0.15) is 23.2 Å². The van der Waals surface area contributed by atoms with Crippen LogP contribution in [0, 0.1) is 17.1 Å². The van der Waals surface area contributed by atoms with Crippen molar-refractivity contribution in [3.63, 3.8) is 0 Å². The Morgan fingerprint density at radius 2 is 2.21 bits per heavy atom. The van der Waals surface area contributed by atoms with Gasteiger partial charge < -0.3 is 5.73 Å². The van der Waals surface area contributed by atoms with Gasteiger partial charge >= 0.3 is 0 Å². The first-order chi connectivity index (χ1) is 6.61. The zero-order valence-electron chi connectivity index (χ0n) is 6.97. The number of pyridine rings is 1. The molecule has 1 aromatic heterocycles. The Balaban J connectivity index is 3.41. The van der Waals surface area contributed by atoms with Crippen molar-refractivity contribution in [2.45, 2.75) is 13.0 Å². The fourth-order valence-corrected chi connectivity index (χ4v) is 1.01. The monoisotopic (exact) mass is 201 g/mol. The molecular formula is C8H6F3N3. The molecule has 1 aromatic rings. The van der Waals surface area contributed by atoms with Gasteiger partial charge in [0.1, 0.15) is 6.07 Å². The molecule has 0 aliphatic heterocycles. The summed E-state index contributed by atoms with van der Waals surface area (Å²) in [5.41, 5.74) is 3.56. The summed E-state index contributed by atoms with van der Waals surface area (Å²) in [4.78, 5) is 3.36. The van der Waals surface area contributed by atoms with Gasteiger partial charge in [0.2, 0.25) is 0 Å². The lowest BCUT2D eigenvalue weighted by atomic mass is 10.1. The van der Waals surface area contributed by atoms with E-state index in [1.165, 1.54) is 6.07 Å². The van der Waals surface area contributed by atoms with Crippen LogP contribution in [-0.2, 0) is 6.54 Å². The molecule has 0 fully saturated rings. The van der Waals surface area contributed by atoms with Crippen LogP contribution in [0.5, 0.6) is 0 Å². The molecule has 0 aliphatic rings. The molecule has 2 N–H and O–H groups in total. The third kappa shape index (κ3) is 1.67. The van der Waals surface area contributed by atoms with E-state index >= 15 is 0 Å². The second kappa shape index (κ2) is 4.07. The summed E-state index contributed by atoms with van der Waals surface area (Å²) in [6.07, 6.45) is -2.01. The fourth-order valence-electron chi connectivity index (χ4n) is 1.01. The van der Waals surface area contributed by atoms with Crippen LogP contribution in [0.15, 0.2) is 6.20 Å². The summed E-state index contributed by atoms with van der Waals surface area (Å²) in [6, 6.07) is 1.38. The third-order valence-corrected chi connectivity index (χ3v) is 1.68. The van der Waals surface area contributed by atoms with Crippen LogP contribution in [0.3, 0.4) is 0 Å². The van der Waals surface area contributed by atoms with Crippen molar-refractivity contribution in [2.75, 3.05) is 0 Å². The van der Waals surface area contributed by atoms with Gasteiger partial charge in [-0.05, 0) is 5.56 Å². The molecule has 0 aliphatic carbocycles. The Morgan fingerprint density at radius 3 is 2.64 bits per heavy atom. The van der Waals surface area contributed by atoms with Gasteiger partial charge in [0, 0.05) is 12.7 Å². The van der Waals surface area contributed by atoms with Gasteiger partial charge in [0.25, 0.3) is 6.43 Å². The highest BCUT2D eigenvalue weighted by Gasteiger charge is 2.21. The van der Waals surface area contributed by atoms with Gasteiger partial charge in [0.15, 0.2) is 11.5 Å². The van der Waals surface area contributed by atoms with Gasteiger partial charge in [-0.1, -0.05) is 0 Å². The van der Waals surface area contributed by atoms with E-state index in [0.29, 0.717) is 0 Å². The maximum atomic E-state index is 13.2. The molecule has 1 heterocycles. The molecule has 3 nitrogen and oxygen atoms in total. The van der Waals surface area contributed by atoms with E-state index in [4.69, 9.17) is 11.0 Å². The topological polar surface area (TPSA) is 62.7 Å². The Hall–Kier alpha value is -1.61. The zero-order chi connectivity index (χ0) is 10.7. The van der Waals surface area contributed by atoms with Crippen LogP contribution < -0.4 is 5.73 Å². The second-order valence-corrected chi connectivity index (χ2v) is 2.48. The van der Waals surface area contributed by atoms with Crippen LogP contribution >= 0.6 is 0 Å². The predicted molar refractivity (Wildman–Crippen MR) is 41.8 cm³/mol. The largest absolute Gasteiger partial charge is 0.326 e. The Bertz CT molecular complexity index is 384. The van der Waals surface area contributed by atoms with E-state index in [2.05, 4.69) is 4.98 Å². The summed E-state index contributed by atoms with van der Waals surface area (Å²) in [5, 5.41) is 8.36. The van der Waals surface area contributed by atoms with E-state index in [0.717, 1.165) is 6.20 Å². The lowest BCUT2D eigenvalue weighted by Gasteiger charge is -2.07. The molecule has 0 bridgehead atoms. The minimum absolute atomic E-state index is 0.0866. The van der Waals surface area contributed by atoms with E-state index in [-0.39, 0.29) is 12.1 Å². The van der Waals surface area contributed by atoms with Gasteiger partial charge in [-0.15, -0.1) is 0 Å². The molecule has 0 aromatic carbocycles. The lowest BCUT2D eigenvalue weighted by molar-refractivity contribution is 0.144. The molecule has 0 radical (unpaired) electrons. The SMILES string of the molecule is N#Cc1ncc(CN)c(C(F)F)c1F. The number of hydrogen-bond donors (Lipinski definition) is 1. The molecule has 14 heavy (non-hydrogen) atoms. The van der Waals surface area contributed by atoms with Crippen molar-refractivity contribution in [1.82, 2.24) is 4.98 Å². The number of alkyl halides is 2. The highest BCUT2D eigenvalue weighted by atomic mass is 19.3. The summed E-state index contributed by atoms with van der Waals surface area (Å²) in [6.45, 7) is -0.241. The minimum atomic E-state index is -3.00. The number of nitriles is 1. The van der Waals surface area contributed by atoms with E-state index in [1.807, 2.05) is 0 Å².